The lowest BCUT2D eigenvalue weighted by Crippen LogP contribution is -1.87. The van der Waals surface area contributed by atoms with E-state index in [1.807, 2.05) is 0 Å². The van der Waals surface area contributed by atoms with E-state index in [1.54, 1.807) is 0 Å². The predicted octanol–water partition coefficient (Wildman–Crippen LogP) is -0.0574. The van der Waals surface area contributed by atoms with E-state index in [1.165, 1.54) is 12.4 Å². The highest BCUT2D eigenvalue weighted by Gasteiger charge is 1.98. The maximum absolute atomic E-state index is 10.5. The van der Waals surface area contributed by atoms with Crippen molar-refractivity contribution >= 4 is 22.5 Å². The van der Waals surface area contributed by atoms with Crippen molar-refractivity contribution in [1.82, 2.24) is 0 Å². The summed E-state index contributed by atoms with van der Waals surface area (Å²) in [4.78, 5) is 3.53. The number of rotatable bonds is 0. The zero-order valence-electron chi connectivity index (χ0n) is 4.43. The van der Waals surface area contributed by atoms with Gasteiger partial charge in [0, 0.05) is 12.4 Å². The summed E-state index contributed by atoms with van der Waals surface area (Å²) in [6, 6.07) is 0. The van der Waals surface area contributed by atoms with Crippen LogP contribution < -0.4 is 0 Å². The Morgan fingerprint density at radius 2 is 2.00 bits per heavy atom. The Bertz CT molecular complexity index is 251. The van der Waals surface area contributed by atoms with E-state index in [9.17, 15) is 8.42 Å². The Balaban J connectivity index is 3.11. The average molecular weight is 144 g/mol. The Morgan fingerprint density at radius 3 is 2.78 bits per heavy atom. The molecule has 0 atom stereocenters. The summed E-state index contributed by atoms with van der Waals surface area (Å²) in [6.45, 7) is 0. The van der Waals surface area contributed by atoms with Crippen molar-refractivity contribution in [2.24, 2.45) is 9.39 Å². The summed E-state index contributed by atoms with van der Waals surface area (Å²) in [6.07, 6.45) is 3.62. The molecule has 4 nitrogen and oxygen atoms in total. The van der Waals surface area contributed by atoms with Crippen LogP contribution in [-0.4, -0.2) is 20.8 Å². The van der Waals surface area contributed by atoms with Crippen LogP contribution in [0.5, 0.6) is 0 Å². The Hall–Kier alpha value is -0.970. The molecule has 0 aromatic carbocycles. The summed E-state index contributed by atoms with van der Waals surface area (Å²) < 4.78 is 24.2. The summed E-state index contributed by atoms with van der Waals surface area (Å²) in [5, 5.41) is 0.938. The topological polar surface area (TPSA) is 58.9 Å². The molecule has 0 saturated carbocycles. The van der Waals surface area contributed by atoms with Crippen molar-refractivity contribution in [1.29, 1.82) is 0 Å². The van der Waals surface area contributed by atoms with Crippen LogP contribution in [0, 0.1) is 0 Å². The molecule has 1 aliphatic rings. The first-order valence-corrected chi connectivity index (χ1v) is 3.70. The molecule has 0 spiro atoms. The van der Waals surface area contributed by atoms with E-state index in [2.05, 4.69) is 9.39 Å². The van der Waals surface area contributed by atoms with Crippen molar-refractivity contribution in [2.75, 3.05) is 0 Å². The van der Waals surface area contributed by atoms with Crippen molar-refractivity contribution < 1.29 is 8.42 Å². The summed E-state index contributed by atoms with van der Waals surface area (Å²) in [7, 11) is -3.36. The van der Waals surface area contributed by atoms with Gasteiger partial charge in [0.2, 0.25) is 0 Å². The van der Waals surface area contributed by atoms with E-state index >= 15 is 0 Å². The monoisotopic (exact) mass is 144 g/mol. The van der Waals surface area contributed by atoms with Gasteiger partial charge in [0.05, 0.1) is 11.6 Å². The van der Waals surface area contributed by atoms with E-state index in [-0.39, 0.29) is 0 Å². The molecule has 0 fully saturated rings. The Labute approximate surface area is 52.7 Å². The maximum atomic E-state index is 10.5. The first-order valence-electron chi connectivity index (χ1n) is 2.19. The largest absolute Gasteiger partial charge is 0.276 e. The van der Waals surface area contributed by atoms with Crippen LogP contribution in [0.1, 0.15) is 0 Å². The first kappa shape index (κ1) is 6.15. The van der Waals surface area contributed by atoms with Crippen molar-refractivity contribution in [3.05, 3.63) is 11.6 Å². The number of sulfonamides is 1. The second-order valence-corrected chi connectivity index (χ2v) is 2.87. The van der Waals surface area contributed by atoms with Gasteiger partial charge < -0.3 is 0 Å². The molecule has 0 bridgehead atoms. The van der Waals surface area contributed by atoms with Gasteiger partial charge >= 0.3 is 0 Å². The zero-order valence-corrected chi connectivity index (χ0v) is 5.25. The van der Waals surface area contributed by atoms with Gasteiger partial charge in [0.1, 0.15) is 0 Å². The fraction of sp³-hybridized carbons (Fsp3) is 0. The lowest BCUT2D eigenvalue weighted by Gasteiger charge is -1.79. The fourth-order valence-corrected chi connectivity index (χ4v) is 0.866. The third kappa shape index (κ3) is 1.77. The molecule has 1 rings (SSSR count). The fourth-order valence-electron chi connectivity index (χ4n) is 0.347. The molecule has 0 saturated heterocycles. The van der Waals surface area contributed by atoms with E-state index < -0.39 is 10.0 Å². The molecule has 48 valence electrons. The quantitative estimate of drug-likeness (QED) is 0.478. The standard InChI is InChI=1S/C4H4N2O2S/c7-9(8)4-3-5-1-2-6-9/h1-4H. The molecule has 1 heterocycles. The molecule has 0 N–H and O–H groups in total. The van der Waals surface area contributed by atoms with Crippen LogP contribution in [0.2, 0.25) is 0 Å². The minimum absolute atomic E-state index is 0.938. The molecule has 0 aromatic rings. The number of aliphatic imine (C=N–C) groups is 1. The molecule has 1 aliphatic heterocycles. The van der Waals surface area contributed by atoms with Gasteiger partial charge in [0.15, 0.2) is 0 Å². The highest BCUT2D eigenvalue weighted by atomic mass is 32.2. The molecule has 0 amide bonds. The van der Waals surface area contributed by atoms with Gasteiger partial charge in [-0.3, -0.25) is 4.99 Å². The lowest BCUT2D eigenvalue weighted by atomic mass is 10.8. The van der Waals surface area contributed by atoms with Crippen LogP contribution in [-0.2, 0) is 10.0 Å². The highest BCUT2D eigenvalue weighted by molar-refractivity contribution is 7.93. The molecule has 0 radical (unpaired) electrons. The first-order chi connectivity index (χ1) is 4.21. The van der Waals surface area contributed by atoms with Crippen LogP contribution in [0.25, 0.3) is 0 Å². The van der Waals surface area contributed by atoms with Crippen LogP contribution in [0.3, 0.4) is 0 Å². The van der Waals surface area contributed by atoms with Gasteiger partial charge in [-0.1, -0.05) is 0 Å². The smallest absolute Gasteiger partial charge is 0.262 e. The predicted molar refractivity (Wildman–Crippen MR) is 35.0 cm³/mol. The second-order valence-electron chi connectivity index (χ2n) is 1.35. The molecular formula is C4H4N2O2S. The summed E-state index contributed by atoms with van der Waals surface area (Å²) in [5.41, 5.74) is 0. The van der Waals surface area contributed by atoms with E-state index in [4.69, 9.17) is 0 Å². The molecule has 0 aliphatic carbocycles. The third-order valence-electron chi connectivity index (χ3n) is 0.679. The van der Waals surface area contributed by atoms with Crippen molar-refractivity contribution in [2.45, 2.75) is 0 Å². The van der Waals surface area contributed by atoms with Crippen molar-refractivity contribution in [3.8, 4) is 0 Å². The van der Waals surface area contributed by atoms with Crippen LogP contribution in [0.4, 0.5) is 0 Å². The average Bonchev–Trinajstić information content (AvgIpc) is 1.92. The Morgan fingerprint density at radius 1 is 1.22 bits per heavy atom. The van der Waals surface area contributed by atoms with Gasteiger partial charge in [0.25, 0.3) is 10.0 Å². The molecule has 0 unspecified atom stereocenters. The zero-order chi connectivity index (χ0) is 6.74. The molecule has 9 heavy (non-hydrogen) atoms. The molecule has 5 heteroatoms. The highest BCUT2D eigenvalue weighted by Crippen LogP contribution is 1.94. The van der Waals surface area contributed by atoms with Gasteiger partial charge in [-0.2, -0.15) is 12.8 Å². The summed E-state index contributed by atoms with van der Waals surface area (Å²) in [5.74, 6) is 0. The van der Waals surface area contributed by atoms with Crippen LogP contribution in [0.15, 0.2) is 21.0 Å². The third-order valence-corrected chi connectivity index (χ3v) is 1.56. The summed E-state index contributed by atoms with van der Waals surface area (Å²) >= 11 is 0. The minimum atomic E-state index is -3.36. The lowest BCUT2D eigenvalue weighted by molar-refractivity contribution is 0.606. The van der Waals surface area contributed by atoms with Gasteiger partial charge in [-0.05, 0) is 0 Å². The number of hydrogen-bond donors (Lipinski definition) is 0. The second kappa shape index (κ2) is 2.10. The normalized spacial score (nSPS) is 21.8. The maximum Gasteiger partial charge on any atom is 0.276 e. The van der Waals surface area contributed by atoms with E-state index in [0.717, 1.165) is 11.6 Å². The molecular weight excluding hydrogens is 140 g/mol. The SMILES string of the molecule is O=S1(=O)C=CN=CC=N1. The van der Waals surface area contributed by atoms with Gasteiger partial charge in [-0.25, -0.2) is 0 Å². The van der Waals surface area contributed by atoms with Crippen molar-refractivity contribution in [3.63, 3.8) is 0 Å². The van der Waals surface area contributed by atoms with E-state index in [0.29, 0.717) is 0 Å². The van der Waals surface area contributed by atoms with Crippen LogP contribution >= 0.6 is 0 Å². The number of nitrogens with zero attached hydrogens (tertiary/aromatic N) is 2. The Kier molecular flexibility index (Phi) is 1.44. The van der Waals surface area contributed by atoms with Gasteiger partial charge in [-0.15, -0.1) is 0 Å². The minimum Gasteiger partial charge on any atom is -0.262 e. The molecule has 0 aromatic heterocycles. The number of hydrogen-bond acceptors (Lipinski definition) is 3.